The largest absolute Gasteiger partial charge is 0.466 e. The Balaban J connectivity index is 3.08. The van der Waals surface area contributed by atoms with Crippen molar-refractivity contribution in [2.75, 3.05) is 6.61 Å². The molecule has 1 rings (SSSR count). The molecule has 94 valence electrons. The Labute approximate surface area is 119 Å². The van der Waals surface area contributed by atoms with Gasteiger partial charge in [-0.1, -0.05) is 0 Å². The Hall–Kier alpha value is -0.310. The van der Waals surface area contributed by atoms with Crippen molar-refractivity contribution in [3.05, 3.63) is 25.5 Å². The molecule has 0 fully saturated rings. The summed E-state index contributed by atoms with van der Waals surface area (Å²) in [4.78, 5) is 15.2. The van der Waals surface area contributed by atoms with E-state index in [0.717, 1.165) is 0 Å². The van der Waals surface area contributed by atoms with Crippen molar-refractivity contribution < 1.29 is 18.3 Å². The molecule has 17 heavy (non-hydrogen) atoms. The van der Waals surface area contributed by atoms with E-state index in [9.17, 15) is 13.6 Å². The number of hydrogen-bond donors (Lipinski definition) is 0. The molecule has 1 aromatic rings. The van der Waals surface area contributed by atoms with E-state index in [2.05, 4.69) is 20.9 Å². The van der Waals surface area contributed by atoms with Gasteiger partial charge < -0.3 is 4.74 Å². The van der Waals surface area contributed by atoms with Crippen LogP contribution in [-0.2, 0) is 16.0 Å². The first-order chi connectivity index (χ1) is 7.95. The second-order valence-electron chi connectivity index (χ2n) is 3.07. The Bertz CT molecular complexity index is 429. The lowest BCUT2D eigenvalue weighted by Gasteiger charge is -2.10. The lowest BCUT2D eigenvalue weighted by molar-refractivity contribution is -0.142. The molecule has 0 atom stereocenters. The van der Waals surface area contributed by atoms with Crippen LogP contribution in [0.5, 0.6) is 0 Å². The topological polar surface area (TPSA) is 39.2 Å². The molecule has 0 amide bonds. The number of carbonyl (C=O) groups excluding carboxylic acids is 1. The van der Waals surface area contributed by atoms with E-state index in [1.807, 2.05) is 0 Å². The average molecular weight is 420 g/mol. The van der Waals surface area contributed by atoms with Crippen LogP contribution >= 0.6 is 38.5 Å². The minimum absolute atomic E-state index is 0.0530. The highest BCUT2D eigenvalue weighted by Gasteiger charge is 2.21. The first-order valence-electron chi connectivity index (χ1n) is 4.74. The highest BCUT2D eigenvalue weighted by atomic mass is 127. The lowest BCUT2D eigenvalue weighted by atomic mass is 10.1. The average Bonchev–Trinajstić information content (AvgIpc) is 2.15. The van der Waals surface area contributed by atoms with Gasteiger partial charge in [-0.15, -0.1) is 0 Å². The van der Waals surface area contributed by atoms with E-state index in [0.29, 0.717) is 8.17 Å². The van der Waals surface area contributed by atoms with Gasteiger partial charge in [-0.25, -0.2) is 13.8 Å². The predicted molar refractivity (Wildman–Crippen MR) is 69.9 cm³/mol. The van der Waals surface area contributed by atoms with Crippen molar-refractivity contribution in [2.24, 2.45) is 0 Å². The molecule has 0 bridgehead atoms. The number of hydrogen-bond acceptors (Lipinski definition) is 3. The van der Waals surface area contributed by atoms with E-state index >= 15 is 0 Å². The van der Waals surface area contributed by atoms with Gasteiger partial charge in [0.15, 0.2) is 0 Å². The Morgan fingerprint density at radius 2 is 2.29 bits per heavy atom. The number of ether oxygens (including phenoxy) is 1. The minimum atomic E-state index is -2.66. The number of halogens is 4. The maximum atomic E-state index is 12.8. The fourth-order valence-corrected chi connectivity index (χ4v) is 2.97. The van der Waals surface area contributed by atoms with E-state index in [1.165, 1.54) is 6.07 Å². The molecule has 1 aromatic heterocycles. The zero-order valence-corrected chi connectivity index (χ0v) is 12.6. The first kappa shape index (κ1) is 14.7. The third-order valence-corrected chi connectivity index (χ3v) is 3.19. The molecule has 0 aliphatic carbocycles. The molecule has 1 heterocycles. The van der Waals surface area contributed by atoms with Gasteiger partial charge in [0.25, 0.3) is 6.43 Å². The van der Waals surface area contributed by atoms with Gasteiger partial charge in [-0.05, 0) is 51.5 Å². The summed E-state index contributed by atoms with van der Waals surface area (Å²) in [7, 11) is 0. The van der Waals surface area contributed by atoms with Crippen LogP contribution in [0.15, 0.2) is 10.7 Å². The summed E-state index contributed by atoms with van der Waals surface area (Å²) in [6.07, 6.45) is -2.91. The fourth-order valence-electron chi connectivity index (χ4n) is 1.26. The zero-order valence-electron chi connectivity index (χ0n) is 8.84. The summed E-state index contributed by atoms with van der Waals surface area (Å²) >= 11 is 4.91. The number of esters is 1. The van der Waals surface area contributed by atoms with E-state index in [1.54, 1.807) is 29.5 Å². The van der Waals surface area contributed by atoms with Crippen LogP contribution in [0, 0.1) is 3.57 Å². The van der Waals surface area contributed by atoms with Gasteiger partial charge in [-0.3, -0.25) is 4.79 Å². The van der Waals surface area contributed by atoms with Crippen LogP contribution in [0.4, 0.5) is 8.78 Å². The second kappa shape index (κ2) is 6.58. The second-order valence-corrected chi connectivity index (χ2v) is 5.04. The van der Waals surface area contributed by atoms with Gasteiger partial charge in [0.05, 0.1) is 24.3 Å². The van der Waals surface area contributed by atoms with Gasteiger partial charge in [-0.2, -0.15) is 0 Å². The van der Waals surface area contributed by atoms with Gasteiger partial charge in [0.1, 0.15) is 4.60 Å². The van der Waals surface area contributed by atoms with Crippen LogP contribution in [0.3, 0.4) is 0 Å². The maximum Gasteiger partial charge on any atom is 0.311 e. The number of aromatic nitrogens is 1. The Kier molecular flexibility index (Phi) is 5.71. The standard InChI is InChI=1S/C10H9BrF2INO2/c1-2-17-8(16)4-6-9(10(12)13)5(14)3-7(11)15-6/h3,10H,2,4H2,1H3. The lowest BCUT2D eigenvalue weighted by Crippen LogP contribution is -2.12. The summed E-state index contributed by atoms with van der Waals surface area (Å²) in [6, 6.07) is 1.48. The molecule has 0 radical (unpaired) electrons. The van der Waals surface area contributed by atoms with Crippen LogP contribution in [0.1, 0.15) is 24.6 Å². The van der Waals surface area contributed by atoms with Gasteiger partial charge >= 0.3 is 5.97 Å². The number of alkyl halides is 2. The normalized spacial score (nSPS) is 10.7. The number of rotatable bonds is 4. The summed E-state index contributed by atoms with van der Waals surface area (Å²) < 4.78 is 31.2. The van der Waals surface area contributed by atoms with Crippen molar-refractivity contribution in [3.8, 4) is 0 Å². The molecule has 0 aliphatic heterocycles. The smallest absolute Gasteiger partial charge is 0.311 e. The predicted octanol–water partition coefficient (Wildman–Crippen LogP) is 3.49. The third kappa shape index (κ3) is 4.13. The molecule has 0 saturated heterocycles. The van der Waals surface area contributed by atoms with E-state index in [4.69, 9.17) is 4.74 Å². The molecule has 0 saturated carbocycles. The maximum absolute atomic E-state index is 12.8. The van der Waals surface area contributed by atoms with Crippen molar-refractivity contribution >= 4 is 44.5 Å². The van der Waals surface area contributed by atoms with Crippen LogP contribution in [0.2, 0.25) is 0 Å². The van der Waals surface area contributed by atoms with Crippen molar-refractivity contribution in [1.29, 1.82) is 0 Å². The minimum Gasteiger partial charge on any atom is -0.466 e. The Morgan fingerprint density at radius 3 is 2.82 bits per heavy atom. The van der Waals surface area contributed by atoms with Crippen LogP contribution in [-0.4, -0.2) is 17.6 Å². The van der Waals surface area contributed by atoms with E-state index < -0.39 is 12.4 Å². The molecular formula is C10H9BrF2INO2. The van der Waals surface area contributed by atoms with Gasteiger partial charge in [0.2, 0.25) is 0 Å². The molecule has 0 unspecified atom stereocenters. The zero-order chi connectivity index (χ0) is 13.0. The molecule has 0 spiro atoms. The molecular weight excluding hydrogens is 411 g/mol. The monoisotopic (exact) mass is 419 g/mol. The van der Waals surface area contributed by atoms with Crippen molar-refractivity contribution in [1.82, 2.24) is 4.98 Å². The third-order valence-electron chi connectivity index (χ3n) is 1.89. The number of carbonyl (C=O) groups is 1. The molecule has 0 aliphatic rings. The van der Waals surface area contributed by atoms with Gasteiger partial charge in [0, 0.05) is 3.57 Å². The molecule has 7 heteroatoms. The highest BCUT2D eigenvalue weighted by molar-refractivity contribution is 14.1. The Morgan fingerprint density at radius 1 is 1.65 bits per heavy atom. The summed E-state index contributed by atoms with van der Waals surface area (Å²) in [6.45, 7) is 1.87. The summed E-state index contributed by atoms with van der Waals surface area (Å²) in [5.74, 6) is -0.559. The molecule has 0 aromatic carbocycles. The molecule has 0 N–H and O–H groups in total. The van der Waals surface area contributed by atoms with Crippen molar-refractivity contribution in [2.45, 2.75) is 19.8 Å². The number of pyridine rings is 1. The SMILES string of the molecule is CCOC(=O)Cc1nc(Br)cc(I)c1C(F)F. The summed E-state index contributed by atoms with van der Waals surface area (Å²) in [5.41, 5.74) is -0.154. The number of nitrogens with zero attached hydrogens (tertiary/aromatic N) is 1. The summed E-state index contributed by atoms with van der Waals surface area (Å²) in [5, 5.41) is 0. The molecule has 3 nitrogen and oxygen atoms in total. The van der Waals surface area contributed by atoms with E-state index in [-0.39, 0.29) is 24.3 Å². The van der Waals surface area contributed by atoms with Crippen LogP contribution < -0.4 is 0 Å². The first-order valence-corrected chi connectivity index (χ1v) is 6.61. The van der Waals surface area contributed by atoms with Crippen LogP contribution in [0.25, 0.3) is 0 Å². The fraction of sp³-hybridized carbons (Fsp3) is 0.400. The van der Waals surface area contributed by atoms with Crippen molar-refractivity contribution in [3.63, 3.8) is 0 Å². The highest BCUT2D eigenvalue weighted by Crippen LogP contribution is 2.29. The quantitative estimate of drug-likeness (QED) is 0.426.